The molecule has 0 rings (SSSR count). The number of nitrogens with zero attached hydrogens (tertiary/aromatic N) is 1. The molecule has 8 heteroatoms. The molecule has 0 amide bonds. The molecule has 336 valence electrons. The van der Waals surface area contributed by atoms with Crippen LogP contribution < -0.4 is 0 Å². The Hall–Kier alpha value is -1.93. The minimum Gasteiger partial charge on any atom is -0.477 e. The van der Waals surface area contributed by atoms with Gasteiger partial charge in [-0.1, -0.05) is 187 Å². The second kappa shape index (κ2) is 40.8. The Bertz CT molecular complexity index is 947. The molecule has 1 N–H and O–H groups in total. The van der Waals surface area contributed by atoms with Gasteiger partial charge in [-0.05, 0) is 38.5 Å². The quantitative estimate of drug-likeness (QED) is 0.0283. The number of rotatable bonds is 44. The minimum absolute atomic E-state index is 0.0494. The molecule has 8 nitrogen and oxygen atoms in total. The number of ether oxygens (including phenoxy) is 3. The van der Waals surface area contributed by atoms with E-state index in [2.05, 4.69) is 26.0 Å². The molecule has 0 aromatic heterocycles. The fourth-order valence-corrected chi connectivity index (χ4v) is 7.38. The summed E-state index contributed by atoms with van der Waals surface area (Å²) in [6.45, 7) is 4.74. The van der Waals surface area contributed by atoms with Crippen molar-refractivity contribution in [2.45, 2.75) is 244 Å². The summed E-state index contributed by atoms with van der Waals surface area (Å²) in [5, 5.41) is 9.63. The highest BCUT2D eigenvalue weighted by atomic mass is 16.6. The number of allylic oxidation sites excluding steroid dienone is 2. The second-order valence-corrected chi connectivity index (χ2v) is 17.7. The normalized spacial score (nSPS) is 12.9. The summed E-state index contributed by atoms with van der Waals surface area (Å²) in [4.78, 5) is 37.0. The second-order valence-electron chi connectivity index (χ2n) is 17.7. The fourth-order valence-electron chi connectivity index (χ4n) is 7.38. The zero-order chi connectivity index (χ0) is 42.1. The molecule has 0 aliphatic rings. The molecule has 2 atom stereocenters. The third-order valence-corrected chi connectivity index (χ3v) is 11.2. The predicted molar refractivity (Wildman–Crippen MR) is 239 cm³/mol. The van der Waals surface area contributed by atoms with Gasteiger partial charge in [0.1, 0.15) is 6.61 Å². The molecular formula is C49H94NO7+. The lowest BCUT2D eigenvalue weighted by Gasteiger charge is -2.31. The summed E-state index contributed by atoms with van der Waals surface area (Å²) in [7, 11) is 5.54. The van der Waals surface area contributed by atoms with Crippen molar-refractivity contribution in [2.75, 3.05) is 41.0 Å². The highest BCUT2D eigenvalue weighted by molar-refractivity contribution is 5.72. The zero-order valence-corrected chi connectivity index (χ0v) is 38.3. The van der Waals surface area contributed by atoms with Gasteiger partial charge in [0.2, 0.25) is 0 Å². The van der Waals surface area contributed by atoms with Crippen LogP contribution in [0, 0.1) is 0 Å². The van der Waals surface area contributed by atoms with Gasteiger partial charge in [0.15, 0.2) is 12.1 Å². The van der Waals surface area contributed by atoms with Gasteiger partial charge in [-0.15, -0.1) is 0 Å². The molecule has 0 heterocycles. The van der Waals surface area contributed by atoms with E-state index < -0.39 is 18.1 Å². The summed E-state index contributed by atoms with van der Waals surface area (Å²) < 4.78 is 17.3. The molecule has 0 fully saturated rings. The first-order chi connectivity index (χ1) is 27.6. The molecule has 0 saturated heterocycles. The van der Waals surface area contributed by atoms with Crippen molar-refractivity contribution in [3.8, 4) is 0 Å². The van der Waals surface area contributed by atoms with Crippen molar-refractivity contribution in [3.63, 3.8) is 0 Å². The van der Waals surface area contributed by atoms with E-state index in [1.807, 2.05) is 21.1 Å². The van der Waals surface area contributed by atoms with E-state index in [1.54, 1.807) is 0 Å². The van der Waals surface area contributed by atoms with Crippen LogP contribution in [0.4, 0.5) is 0 Å². The SMILES string of the molecule is CCCCC/C=C/CCCCCCCC(=O)OCC(COCCC(C(=O)O)[N+](C)(C)C)OC(=O)CCCCCCCCCCCCCCCCCCCCCCC. The number of carboxylic acid groups (broad SMARTS) is 1. The molecule has 0 aromatic carbocycles. The summed E-state index contributed by atoms with van der Waals surface area (Å²) in [6.07, 6.45) is 44.0. The Kier molecular flexibility index (Phi) is 39.4. The Balaban J connectivity index is 4.20. The highest BCUT2D eigenvalue weighted by Crippen LogP contribution is 2.16. The van der Waals surface area contributed by atoms with Crippen LogP contribution in [0.25, 0.3) is 0 Å². The van der Waals surface area contributed by atoms with Gasteiger partial charge >= 0.3 is 17.9 Å². The van der Waals surface area contributed by atoms with Gasteiger partial charge in [0, 0.05) is 19.3 Å². The summed E-state index contributed by atoms with van der Waals surface area (Å²) in [6, 6.07) is -0.611. The molecule has 0 bridgehead atoms. The number of likely N-dealkylation sites (N-methyl/N-ethyl adjacent to an activating group) is 1. The van der Waals surface area contributed by atoms with Crippen LogP contribution in [0.2, 0.25) is 0 Å². The fraction of sp³-hybridized carbons (Fsp3) is 0.898. The van der Waals surface area contributed by atoms with Crippen LogP contribution in [-0.2, 0) is 28.6 Å². The topological polar surface area (TPSA) is 99.1 Å². The number of esters is 2. The van der Waals surface area contributed by atoms with Crippen molar-refractivity contribution >= 4 is 17.9 Å². The first kappa shape index (κ1) is 55.1. The monoisotopic (exact) mass is 809 g/mol. The van der Waals surface area contributed by atoms with Crippen molar-refractivity contribution < 1.29 is 38.2 Å². The third-order valence-electron chi connectivity index (χ3n) is 11.2. The van der Waals surface area contributed by atoms with E-state index in [-0.39, 0.29) is 36.2 Å². The number of hydrogen-bond acceptors (Lipinski definition) is 6. The van der Waals surface area contributed by atoms with Crippen molar-refractivity contribution in [3.05, 3.63) is 12.2 Å². The van der Waals surface area contributed by atoms with Crippen LogP contribution in [0.15, 0.2) is 12.2 Å². The van der Waals surface area contributed by atoms with Crippen LogP contribution in [0.1, 0.15) is 232 Å². The zero-order valence-electron chi connectivity index (χ0n) is 38.3. The van der Waals surface area contributed by atoms with Crippen molar-refractivity contribution in [1.82, 2.24) is 0 Å². The van der Waals surface area contributed by atoms with Crippen molar-refractivity contribution in [2.24, 2.45) is 0 Å². The smallest absolute Gasteiger partial charge is 0.362 e. The van der Waals surface area contributed by atoms with E-state index in [0.29, 0.717) is 19.3 Å². The number of carbonyl (C=O) groups excluding carboxylic acids is 2. The number of hydrogen-bond donors (Lipinski definition) is 1. The molecule has 0 aromatic rings. The predicted octanol–water partition coefficient (Wildman–Crippen LogP) is 13.5. The lowest BCUT2D eigenvalue weighted by atomic mass is 10.0. The number of unbranched alkanes of at least 4 members (excludes halogenated alkanes) is 28. The largest absolute Gasteiger partial charge is 0.477 e. The van der Waals surface area contributed by atoms with Gasteiger partial charge in [0.25, 0.3) is 0 Å². The molecular weight excluding hydrogens is 715 g/mol. The van der Waals surface area contributed by atoms with E-state index >= 15 is 0 Å². The Morgan fingerprint density at radius 2 is 0.877 bits per heavy atom. The number of carboxylic acids is 1. The third kappa shape index (κ3) is 39.3. The van der Waals surface area contributed by atoms with Crippen LogP contribution in [-0.4, -0.2) is 80.6 Å². The summed E-state index contributed by atoms with van der Waals surface area (Å²) in [5.41, 5.74) is 0. The average Bonchev–Trinajstić information content (AvgIpc) is 3.17. The van der Waals surface area contributed by atoms with Gasteiger partial charge in [-0.25, -0.2) is 4.79 Å². The van der Waals surface area contributed by atoms with Gasteiger partial charge in [-0.2, -0.15) is 0 Å². The number of aliphatic carboxylic acids is 1. The van der Waals surface area contributed by atoms with E-state index in [4.69, 9.17) is 14.2 Å². The van der Waals surface area contributed by atoms with Gasteiger partial charge in [0.05, 0.1) is 34.4 Å². The lowest BCUT2D eigenvalue weighted by molar-refractivity contribution is -0.887. The van der Waals surface area contributed by atoms with Crippen LogP contribution >= 0.6 is 0 Å². The maximum atomic E-state index is 12.8. The molecule has 0 aliphatic carbocycles. The highest BCUT2D eigenvalue weighted by Gasteiger charge is 2.31. The number of carbonyl (C=O) groups is 3. The van der Waals surface area contributed by atoms with E-state index in [9.17, 15) is 19.5 Å². The van der Waals surface area contributed by atoms with E-state index in [1.165, 1.54) is 154 Å². The summed E-state index contributed by atoms with van der Waals surface area (Å²) in [5.74, 6) is -1.46. The van der Waals surface area contributed by atoms with Crippen LogP contribution in [0.5, 0.6) is 0 Å². The standard InChI is InChI=1S/C49H93NO7/c1-6-8-10-12-14-16-18-20-21-22-23-24-25-26-27-28-30-32-34-36-38-40-48(52)57-45(43-55-42-41-46(49(53)54)50(3,4)5)44-56-47(51)39-37-35-33-31-29-19-17-15-13-11-9-7-2/h15,17,45-46H,6-14,16,18-44H2,1-5H3/p+1/b17-15+. The lowest BCUT2D eigenvalue weighted by Crippen LogP contribution is -2.50. The first-order valence-corrected chi connectivity index (χ1v) is 24.2. The maximum Gasteiger partial charge on any atom is 0.362 e. The molecule has 0 radical (unpaired) electrons. The van der Waals surface area contributed by atoms with Crippen molar-refractivity contribution in [1.29, 1.82) is 0 Å². The molecule has 2 unspecified atom stereocenters. The van der Waals surface area contributed by atoms with Crippen LogP contribution in [0.3, 0.4) is 0 Å². The van der Waals surface area contributed by atoms with Gasteiger partial charge < -0.3 is 23.8 Å². The maximum absolute atomic E-state index is 12.8. The molecule has 0 saturated carbocycles. The first-order valence-electron chi connectivity index (χ1n) is 24.2. The Morgan fingerprint density at radius 3 is 1.30 bits per heavy atom. The van der Waals surface area contributed by atoms with E-state index in [0.717, 1.165) is 44.9 Å². The van der Waals surface area contributed by atoms with Gasteiger partial charge in [-0.3, -0.25) is 9.59 Å². The average molecular weight is 809 g/mol. The Labute approximate surface area is 352 Å². The Morgan fingerprint density at radius 1 is 0.509 bits per heavy atom. The number of quaternary nitrogens is 1. The molecule has 0 spiro atoms. The molecule has 57 heavy (non-hydrogen) atoms. The minimum atomic E-state index is -0.873. The summed E-state index contributed by atoms with van der Waals surface area (Å²) >= 11 is 0. The molecule has 0 aliphatic heterocycles.